The monoisotopic (exact) mass is 587 g/mol. The Morgan fingerprint density at radius 1 is 0.951 bits per heavy atom. The summed E-state index contributed by atoms with van der Waals surface area (Å²) < 4.78 is 6.53. The van der Waals surface area contributed by atoms with Gasteiger partial charge in [0.25, 0.3) is 0 Å². The first kappa shape index (κ1) is 26.9. The molecule has 3 heterocycles. The lowest BCUT2D eigenvalue weighted by molar-refractivity contribution is -0.122. The number of imide groups is 1. The molecule has 4 aromatic rings. The average molecular weight is 588 g/mol. The highest BCUT2D eigenvalue weighted by Gasteiger charge is 2.56. The molecular formula is C30H25N3O6S2. The average Bonchev–Trinajstić information content (AvgIpc) is 3.40. The minimum absolute atomic E-state index is 0.0618. The highest BCUT2D eigenvalue weighted by Crippen LogP contribution is 2.54. The van der Waals surface area contributed by atoms with Crippen molar-refractivity contribution in [2.24, 2.45) is 5.92 Å². The van der Waals surface area contributed by atoms with Crippen LogP contribution in [0.25, 0.3) is 0 Å². The van der Waals surface area contributed by atoms with Crippen molar-refractivity contribution in [2.75, 3.05) is 17.3 Å². The molecule has 1 aromatic heterocycles. The molecule has 11 heteroatoms. The fourth-order valence-electron chi connectivity index (χ4n) is 5.26. The molecule has 208 valence electrons. The summed E-state index contributed by atoms with van der Waals surface area (Å²) in [5.41, 5.74) is 2.74. The van der Waals surface area contributed by atoms with E-state index in [9.17, 15) is 24.3 Å². The van der Waals surface area contributed by atoms with Crippen molar-refractivity contribution in [3.63, 3.8) is 0 Å². The molecule has 41 heavy (non-hydrogen) atoms. The molecule has 9 nitrogen and oxygen atoms in total. The molecule has 3 amide bonds. The van der Waals surface area contributed by atoms with Gasteiger partial charge in [-0.25, -0.2) is 4.90 Å². The van der Waals surface area contributed by atoms with Crippen molar-refractivity contribution in [3.8, 4) is 11.5 Å². The number of anilines is 2. The molecule has 1 saturated heterocycles. The second-order valence-corrected chi connectivity index (χ2v) is 12.0. The number of aryl methyl sites for hydroxylation is 1. The van der Waals surface area contributed by atoms with Gasteiger partial charge in [-0.15, -0.1) is 0 Å². The van der Waals surface area contributed by atoms with Crippen LogP contribution in [0.1, 0.15) is 21.9 Å². The number of thioether (sulfide) groups is 1. The number of fused-ring (bicyclic) bond motifs is 2. The number of rotatable bonds is 6. The summed E-state index contributed by atoms with van der Waals surface area (Å²) in [5.74, 6) is -1.77. The maximum Gasteiger partial charge on any atom is 0.308 e. The predicted octanol–water partition coefficient (Wildman–Crippen LogP) is 4.37. The summed E-state index contributed by atoms with van der Waals surface area (Å²) in [4.78, 5) is 55.4. The Morgan fingerprint density at radius 2 is 1.63 bits per heavy atom. The first-order valence-electron chi connectivity index (χ1n) is 12.8. The van der Waals surface area contributed by atoms with Crippen LogP contribution >= 0.6 is 23.1 Å². The number of carbonyl (C=O) groups is 3. The summed E-state index contributed by atoms with van der Waals surface area (Å²) in [6, 6.07) is 20.5. The summed E-state index contributed by atoms with van der Waals surface area (Å²) in [5, 5.41) is 12.4. The normalized spacial score (nSPS) is 19.6. The zero-order valence-corrected chi connectivity index (χ0v) is 23.7. The standard InChI is InChI=1S/C30H25N3O6S2/c1-16-3-9-19(10-4-16)33-27(36)24-23(17-5-11-20(34)12-6-17)26-29(40-25(24)28(33)37)32(30(38)41-26)15-22(35)31-18-7-13-21(39-2)14-8-18/h3-14,23-25,34H,15H2,1-2H3,(H,31,35)/t23-,24?,25?/m0/s1. The number of amides is 3. The van der Waals surface area contributed by atoms with Crippen molar-refractivity contribution in [3.05, 3.63) is 98.5 Å². The number of hydrogen-bond acceptors (Lipinski definition) is 8. The number of ether oxygens (including phenoxy) is 1. The molecule has 3 aromatic carbocycles. The van der Waals surface area contributed by atoms with Gasteiger partial charge in [0.05, 0.1) is 23.7 Å². The fourth-order valence-corrected chi connectivity index (χ4v) is 8.04. The molecular weight excluding hydrogens is 562 g/mol. The smallest absolute Gasteiger partial charge is 0.308 e. The highest BCUT2D eigenvalue weighted by atomic mass is 32.2. The number of benzene rings is 3. The molecule has 0 radical (unpaired) electrons. The summed E-state index contributed by atoms with van der Waals surface area (Å²) >= 11 is 2.13. The fraction of sp³-hybridized carbons (Fsp3) is 0.200. The Balaban J connectivity index is 1.38. The minimum Gasteiger partial charge on any atom is -0.508 e. The molecule has 2 aliphatic rings. The first-order chi connectivity index (χ1) is 19.7. The second-order valence-electron chi connectivity index (χ2n) is 9.88. The van der Waals surface area contributed by atoms with E-state index in [1.54, 1.807) is 55.6 Å². The topological polar surface area (TPSA) is 118 Å². The molecule has 0 saturated carbocycles. The maximum atomic E-state index is 13.9. The summed E-state index contributed by atoms with van der Waals surface area (Å²) in [7, 11) is 1.55. The number of phenolic OH excluding ortho intramolecular Hbond substituents is 1. The van der Waals surface area contributed by atoms with Crippen LogP contribution in [0.5, 0.6) is 11.5 Å². The molecule has 0 bridgehead atoms. The quantitative estimate of drug-likeness (QED) is 0.322. The van der Waals surface area contributed by atoms with E-state index in [1.165, 1.54) is 21.6 Å². The van der Waals surface area contributed by atoms with Crippen molar-refractivity contribution in [1.29, 1.82) is 0 Å². The van der Waals surface area contributed by atoms with Crippen molar-refractivity contribution in [1.82, 2.24) is 4.57 Å². The van der Waals surface area contributed by atoms with Crippen molar-refractivity contribution < 1.29 is 24.2 Å². The number of nitrogens with zero attached hydrogens (tertiary/aromatic N) is 2. The Bertz CT molecular complexity index is 1710. The van der Waals surface area contributed by atoms with Crippen molar-refractivity contribution in [2.45, 2.75) is 29.7 Å². The van der Waals surface area contributed by atoms with E-state index in [4.69, 9.17) is 4.74 Å². The molecule has 2 aliphatic heterocycles. The van der Waals surface area contributed by atoms with E-state index in [-0.39, 0.29) is 29.0 Å². The molecule has 0 spiro atoms. The molecule has 1 fully saturated rings. The van der Waals surface area contributed by atoms with Crippen LogP contribution in [0, 0.1) is 12.8 Å². The van der Waals surface area contributed by atoms with Gasteiger partial charge >= 0.3 is 4.87 Å². The van der Waals surface area contributed by atoms with Crippen molar-refractivity contribution >= 4 is 52.2 Å². The maximum absolute atomic E-state index is 13.9. The van der Waals surface area contributed by atoms with Gasteiger partial charge in [-0.05, 0) is 61.0 Å². The molecule has 0 aliphatic carbocycles. The number of phenols is 1. The van der Waals surface area contributed by atoms with Gasteiger partial charge in [-0.3, -0.25) is 23.7 Å². The number of aromatic hydroxyl groups is 1. The van der Waals surface area contributed by atoms with E-state index in [0.717, 1.165) is 28.7 Å². The Hall–Kier alpha value is -4.35. The van der Waals surface area contributed by atoms with Crippen LogP contribution in [0.3, 0.4) is 0 Å². The van der Waals surface area contributed by atoms with Gasteiger partial charge in [0.2, 0.25) is 17.7 Å². The zero-order valence-electron chi connectivity index (χ0n) is 22.1. The first-order valence-corrected chi connectivity index (χ1v) is 14.5. The third-order valence-electron chi connectivity index (χ3n) is 7.27. The van der Waals surface area contributed by atoms with Gasteiger partial charge in [0.15, 0.2) is 0 Å². The lowest BCUT2D eigenvalue weighted by Crippen LogP contribution is -2.33. The van der Waals surface area contributed by atoms with E-state index in [0.29, 0.717) is 32.6 Å². The Kier molecular flexibility index (Phi) is 6.92. The van der Waals surface area contributed by atoms with Gasteiger partial charge in [0, 0.05) is 16.5 Å². The highest BCUT2D eigenvalue weighted by molar-refractivity contribution is 8.00. The lowest BCUT2D eigenvalue weighted by atomic mass is 9.83. The van der Waals surface area contributed by atoms with Gasteiger partial charge in [-0.2, -0.15) is 0 Å². The van der Waals surface area contributed by atoms with Crippen LogP contribution in [-0.2, 0) is 20.9 Å². The number of thiazole rings is 1. The Morgan fingerprint density at radius 3 is 2.29 bits per heavy atom. The van der Waals surface area contributed by atoms with E-state index < -0.39 is 23.0 Å². The van der Waals surface area contributed by atoms with E-state index >= 15 is 0 Å². The van der Waals surface area contributed by atoms with Crippen LogP contribution in [0.4, 0.5) is 11.4 Å². The summed E-state index contributed by atoms with van der Waals surface area (Å²) in [6.45, 7) is 1.67. The number of carbonyl (C=O) groups excluding carboxylic acids is 3. The van der Waals surface area contributed by atoms with E-state index in [1.807, 2.05) is 19.1 Å². The number of methoxy groups -OCH3 is 1. The Labute approximate surface area is 243 Å². The minimum atomic E-state index is -0.792. The largest absolute Gasteiger partial charge is 0.508 e. The second kappa shape index (κ2) is 10.6. The number of hydrogen-bond donors (Lipinski definition) is 2. The number of aromatic nitrogens is 1. The zero-order chi connectivity index (χ0) is 28.8. The third kappa shape index (κ3) is 4.81. The molecule has 6 rings (SSSR count). The SMILES string of the molecule is COc1ccc(NC(=O)Cn2c3c(sc2=O)[C@@H](c2ccc(O)cc2)C2C(=O)N(c4ccc(C)cc4)C(=O)C2S3)cc1. The summed E-state index contributed by atoms with van der Waals surface area (Å²) in [6.07, 6.45) is 0. The van der Waals surface area contributed by atoms with Gasteiger partial charge in [-0.1, -0.05) is 52.9 Å². The number of nitrogens with one attached hydrogen (secondary N) is 1. The third-order valence-corrected chi connectivity index (χ3v) is 9.87. The lowest BCUT2D eigenvalue weighted by Gasteiger charge is -2.30. The molecule has 2 N–H and O–H groups in total. The predicted molar refractivity (Wildman–Crippen MR) is 157 cm³/mol. The van der Waals surface area contributed by atoms with Crippen LogP contribution in [0.2, 0.25) is 0 Å². The van der Waals surface area contributed by atoms with Crippen LogP contribution in [0.15, 0.2) is 82.6 Å². The molecule has 3 atom stereocenters. The van der Waals surface area contributed by atoms with E-state index in [2.05, 4.69) is 5.32 Å². The van der Waals surface area contributed by atoms with Crippen LogP contribution < -0.4 is 19.8 Å². The van der Waals surface area contributed by atoms with Crippen LogP contribution in [-0.4, -0.2) is 39.8 Å². The van der Waals surface area contributed by atoms with Gasteiger partial charge < -0.3 is 15.2 Å². The van der Waals surface area contributed by atoms with Gasteiger partial charge in [0.1, 0.15) is 23.3 Å². The molecule has 2 unspecified atom stereocenters.